The van der Waals surface area contributed by atoms with Gasteiger partial charge >= 0.3 is 0 Å². The molecule has 2 rings (SSSR count). The number of rotatable bonds is 3. The lowest BCUT2D eigenvalue weighted by Gasteiger charge is -2.35. The van der Waals surface area contributed by atoms with Gasteiger partial charge in [0.15, 0.2) is 0 Å². The van der Waals surface area contributed by atoms with Gasteiger partial charge in [0.2, 0.25) is 0 Å². The van der Waals surface area contributed by atoms with Crippen LogP contribution in [0.2, 0.25) is 0 Å². The van der Waals surface area contributed by atoms with E-state index in [0.717, 1.165) is 31.6 Å². The fraction of sp³-hybridized carbons (Fsp3) is 0.667. The SMILES string of the molecule is CC(C)c1ccc(C(C)N2CCCC(O)C2)cn1. The molecular weight excluding hydrogens is 224 g/mol. The van der Waals surface area contributed by atoms with Gasteiger partial charge in [0.05, 0.1) is 6.10 Å². The minimum Gasteiger partial charge on any atom is -0.392 e. The Labute approximate surface area is 110 Å². The van der Waals surface area contributed by atoms with E-state index in [2.05, 4.69) is 42.8 Å². The summed E-state index contributed by atoms with van der Waals surface area (Å²) in [5.41, 5.74) is 2.39. The molecule has 0 saturated carbocycles. The molecule has 0 spiro atoms. The van der Waals surface area contributed by atoms with Crippen LogP contribution in [0.15, 0.2) is 18.3 Å². The Morgan fingerprint density at radius 2 is 2.11 bits per heavy atom. The van der Waals surface area contributed by atoms with Crippen molar-refractivity contribution in [1.29, 1.82) is 0 Å². The van der Waals surface area contributed by atoms with Gasteiger partial charge in [0, 0.05) is 24.5 Å². The standard InChI is InChI=1S/C15H24N2O/c1-11(2)15-7-6-13(9-16-15)12(3)17-8-4-5-14(18)10-17/h6-7,9,11-12,14,18H,4-5,8,10H2,1-3H3. The van der Waals surface area contributed by atoms with Crippen LogP contribution in [0.5, 0.6) is 0 Å². The normalized spacial score (nSPS) is 23.3. The first kappa shape index (κ1) is 13.5. The number of aliphatic hydroxyl groups is 1. The first-order chi connectivity index (χ1) is 8.58. The van der Waals surface area contributed by atoms with Crippen molar-refractivity contribution < 1.29 is 5.11 Å². The minimum absolute atomic E-state index is 0.163. The number of aliphatic hydroxyl groups excluding tert-OH is 1. The summed E-state index contributed by atoms with van der Waals surface area (Å²) in [4.78, 5) is 6.87. The van der Waals surface area contributed by atoms with Crippen molar-refractivity contribution in [2.24, 2.45) is 0 Å². The van der Waals surface area contributed by atoms with Crippen molar-refractivity contribution in [3.63, 3.8) is 0 Å². The summed E-state index contributed by atoms with van der Waals surface area (Å²) in [7, 11) is 0. The molecule has 0 amide bonds. The molecule has 2 unspecified atom stereocenters. The molecule has 0 radical (unpaired) electrons. The quantitative estimate of drug-likeness (QED) is 0.893. The van der Waals surface area contributed by atoms with E-state index in [1.54, 1.807) is 0 Å². The Morgan fingerprint density at radius 1 is 1.33 bits per heavy atom. The lowest BCUT2D eigenvalue weighted by atomic mass is 10.0. The molecule has 1 saturated heterocycles. The molecular formula is C15H24N2O. The second-order valence-corrected chi connectivity index (χ2v) is 5.64. The molecule has 1 aliphatic rings. The summed E-state index contributed by atoms with van der Waals surface area (Å²) < 4.78 is 0. The molecule has 3 nitrogen and oxygen atoms in total. The molecule has 1 aromatic heterocycles. The van der Waals surface area contributed by atoms with Crippen LogP contribution in [-0.4, -0.2) is 34.2 Å². The zero-order chi connectivity index (χ0) is 13.1. The van der Waals surface area contributed by atoms with Crippen LogP contribution in [0.3, 0.4) is 0 Å². The van der Waals surface area contributed by atoms with Crippen LogP contribution >= 0.6 is 0 Å². The van der Waals surface area contributed by atoms with Crippen molar-refractivity contribution in [2.45, 2.75) is 51.7 Å². The number of pyridine rings is 1. The summed E-state index contributed by atoms with van der Waals surface area (Å²) in [6.07, 6.45) is 3.85. The van der Waals surface area contributed by atoms with Gasteiger partial charge in [-0.05, 0) is 43.9 Å². The molecule has 2 atom stereocenters. The van der Waals surface area contributed by atoms with E-state index in [-0.39, 0.29) is 6.10 Å². The molecule has 3 heteroatoms. The Bertz CT molecular complexity index is 375. The third-order valence-electron chi connectivity index (χ3n) is 3.86. The van der Waals surface area contributed by atoms with E-state index in [1.165, 1.54) is 5.56 Å². The fourth-order valence-corrected chi connectivity index (χ4v) is 2.55. The first-order valence-electron chi connectivity index (χ1n) is 6.96. The molecule has 1 aliphatic heterocycles. The van der Waals surface area contributed by atoms with Crippen molar-refractivity contribution >= 4 is 0 Å². The number of likely N-dealkylation sites (tertiary alicyclic amines) is 1. The van der Waals surface area contributed by atoms with E-state index < -0.39 is 0 Å². The minimum atomic E-state index is -0.163. The highest BCUT2D eigenvalue weighted by atomic mass is 16.3. The summed E-state index contributed by atoms with van der Waals surface area (Å²) in [6.45, 7) is 8.38. The number of hydrogen-bond acceptors (Lipinski definition) is 3. The Balaban J connectivity index is 2.05. The summed E-state index contributed by atoms with van der Waals surface area (Å²) in [5.74, 6) is 0.478. The Morgan fingerprint density at radius 3 is 2.67 bits per heavy atom. The number of nitrogens with zero attached hydrogens (tertiary/aromatic N) is 2. The van der Waals surface area contributed by atoms with Crippen LogP contribution in [0.4, 0.5) is 0 Å². The summed E-state index contributed by atoms with van der Waals surface area (Å²) in [6, 6.07) is 4.64. The van der Waals surface area contributed by atoms with Crippen molar-refractivity contribution in [3.05, 3.63) is 29.6 Å². The predicted octanol–water partition coefficient (Wildman–Crippen LogP) is 2.72. The monoisotopic (exact) mass is 248 g/mol. The highest BCUT2D eigenvalue weighted by Crippen LogP contribution is 2.24. The van der Waals surface area contributed by atoms with Gasteiger partial charge < -0.3 is 5.11 Å². The number of β-amino-alcohol motifs (C(OH)–C–C–N with tert-alkyl or cyclic N) is 1. The molecule has 0 aromatic carbocycles. The van der Waals surface area contributed by atoms with Crippen LogP contribution in [0.1, 0.15) is 56.8 Å². The Kier molecular flexibility index (Phi) is 4.36. The van der Waals surface area contributed by atoms with Gasteiger partial charge in [-0.1, -0.05) is 19.9 Å². The third kappa shape index (κ3) is 3.09. The van der Waals surface area contributed by atoms with Crippen molar-refractivity contribution in [3.8, 4) is 0 Å². The van der Waals surface area contributed by atoms with E-state index in [1.807, 2.05) is 6.20 Å². The zero-order valence-corrected chi connectivity index (χ0v) is 11.6. The van der Waals surface area contributed by atoms with Gasteiger partial charge in [-0.25, -0.2) is 0 Å². The predicted molar refractivity (Wildman–Crippen MR) is 73.6 cm³/mol. The number of piperidine rings is 1. The maximum atomic E-state index is 9.73. The van der Waals surface area contributed by atoms with Crippen molar-refractivity contribution in [1.82, 2.24) is 9.88 Å². The van der Waals surface area contributed by atoms with E-state index >= 15 is 0 Å². The smallest absolute Gasteiger partial charge is 0.0667 e. The largest absolute Gasteiger partial charge is 0.392 e. The van der Waals surface area contributed by atoms with Crippen LogP contribution in [-0.2, 0) is 0 Å². The highest BCUT2D eigenvalue weighted by Gasteiger charge is 2.23. The molecule has 18 heavy (non-hydrogen) atoms. The molecule has 0 aliphatic carbocycles. The molecule has 0 bridgehead atoms. The molecule has 100 valence electrons. The van der Waals surface area contributed by atoms with Gasteiger partial charge in [0.1, 0.15) is 0 Å². The zero-order valence-electron chi connectivity index (χ0n) is 11.6. The van der Waals surface area contributed by atoms with Crippen LogP contribution < -0.4 is 0 Å². The van der Waals surface area contributed by atoms with Gasteiger partial charge in [-0.3, -0.25) is 9.88 Å². The van der Waals surface area contributed by atoms with Crippen molar-refractivity contribution in [2.75, 3.05) is 13.1 Å². The lowest BCUT2D eigenvalue weighted by molar-refractivity contribution is 0.0503. The van der Waals surface area contributed by atoms with Gasteiger partial charge in [-0.15, -0.1) is 0 Å². The van der Waals surface area contributed by atoms with Gasteiger partial charge in [-0.2, -0.15) is 0 Å². The molecule has 2 heterocycles. The first-order valence-corrected chi connectivity index (χ1v) is 6.96. The second-order valence-electron chi connectivity index (χ2n) is 5.64. The van der Waals surface area contributed by atoms with Crippen LogP contribution in [0, 0.1) is 0 Å². The fourth-order valence-electron chi connectivity index (χ4n) is 2.55. The van der Waals surface area contributed by atoms with E-state index in [0.29, 0.717) is 12.0 Å². The third-order valence-corrected chi connectivity index (χ3v) is 3.86. The average Bonchev–Trinajstić information content (AvgIpc) is 2.38. The lowest BCUT2D eigenvalue weighted by Crippen LogP contribution is -2.39. The highest BCUT2D eigenvalue weighted by molar-refractivity contribution is 5.19. The van der Waals surface area contributed by atoms with E-state index in [9.17, 15) is 5.11 Å². The maximum absolute atomic E-state index is 9.73. The van der Waals surface area contributed by atoms with Crippen LogP contribution in [0.25, 0.3) is 0 Å². The number of hydrogen-bond donors (Lipinski definition) is 1. The maximum Gasteiger partial charge on any atom is 0.0667 e. The topological polar surface area (TPSA) is 36.4 Å². The molecule has 1 fully saturated rings. The second kappa shape index (κ2) is 5.81. The Hall–Kier alpha value is -0.930. The summed E-state index contributed by atoms with van der Waals surface area (Å²) in [5, 5.41) is 9.73. The van der Waals surface area contributed by atoms with Gasteiger partial charge in [0.25, 0.3) is 0 Å². The average molecular weight is 248 g/mol. The number of aromatic nitrogens is 1. The molecule has 1 N–H and O–H groups in total. The molecule has 1 aromatic rings. The van der Waals surface area contributed by atoms with E-state index in [4.69, 9.17) is 0 Å². The summed E-state index contributed by atoms with van der Waals surface area (Å²) >= 11 is 0.